The Morgan fingerprint density at radius 2 is 2.05 bits per heavy atom. The molecule has 1 aromatic carbocycles. The van der Waals surface area contributed by atoms with Gasteiger partial charge in [0, 0.05) is 19.6 Å². The Morgan fingerprint density at radius 1 is 1.30 bits per heavy atom. The third kappa shape index (κ3) is 3.97. The van der Waals surface area contributed by atoms with Crippen molar-refractivity contribution in [2.45, 2.75) is 32.7 Å². The number of methoxy groups -OCH3 is 1. The number of benzene rings is 1. The molecule has 0 bridgehead atoms. The second kappa shape index (κ2) is 7.09. The number of nitrogens with one attached hydrogen (secondary N) is 1. The van der Waals surface area contributed by atoms with Crippen LogP contribution in [0.2, 0.25) is 0 Å². The highest BCUT2D eigenvalue weighted by atomic mass is 16.5. The standard InChI is InChI=1S/C17H28N2O/c1-4-9-17(10-11-18-13-17)14-19(2)12-15-5-7-16(20-3)8-6-15/h5-8,18H,4,9-14H2,1-3H3. The minimum atomic E-state index is 0.482. The van der Waals surface area contributed by atoms with Crippen LogP contribution in [-0.4, -0.2) is 38.7 Å². The summed E-state index contributed by atoms with van der Waals surface area (Å²) < 4.78 is 5.21. The first-order valence-corrected chi connectivity index (χ1v) is 7.70. The van der Waals surface area contributed by atoms with Crippen LogP contribution in [0.3, 0.4) is 0 Å². The molecular formula is C17H28N2O. The molecule has 1 atom stereocenters. The van der Waals surface area contributed by atoms with E-state index < -0.39 is 0 Å². The molecule has 20 heavy (non-hydrogen) atoms. The molecule has 0 saturated carbocycles. The van der Waals surface area contributed by atoms with Gasteiger partial charge in [0.05, 0.1) is 7.11 Å². The van der Waals surface area contributed by atoms with E-state index in [-0.39, 0.29) is 0 Å². The number of hydrogen-bond donors (Lipinski definition) is 1. The average molecular weight is 276 g/mol. The summed E-state index contributed by atoms with van der Waals surface area (Å²) in [5.74, 6) is 0.929. The minimum Gasteiger partial charge on any atom is -0.497 e. The minimum absolute atomic E-state index is 0.482. The number of rotatable bonds is 7. The lowest BCUT2D eigenvalue weighted by molar-refractivity contribution is 0.172. The highest BCUT2D eigenvalue weighted by Gasteiger charge is 2.33. The molecule has 1 aromatic rings. The summed E-state index contributed by atoms with van der Waals surface area (Å²) in [4.78, 5) is 2.46. The molecule has 0 radical (unpaired) electrons. The van der Waals surface area contributed by atoms with Crippen LogP contribution in [0.15, 0.2) is 24.3 Å². The molecule has 0 aliphatic carbocycles. The van der Waals surface area contributed by atoms with E-state index in [0.29, 0.717) is 5.41 Å². The fourth-order valence-electron chi connectivity index (χ4n) is 3.42. The van der Waals surface area contributed by atoms with Crippen molar-refractivity contribution in [1.29, 1.82) is 0 Å². The van der Waals surface area contributed by atoms with Gasteiger partial charge in [0.1, 0.15) is 5.75 Å². The van der Waals surface area contributed by atoms with Gasteiger partial charge in [-0.1, -0.05) is 25.5 Å². The summed E-state index contributed by atoms with van der Waals surface area (Å²) in [6.45, 7) is 6.84. The average Bonchev–Trinajstić information content (AvgIpc) is 2.88. The summed E-state index contributed by atoms with van der Waals surface area (Å²) >= 11 is 0. The van der Waals surface area contributed by atoms with Gasteiger partial charge in [0.15, 0.2) is 0 Å². The lowest BCUT2D eigenvalue weighted by Crippen LogP contribution is -2.37. The van der Waals surface area contributed by atoms with E-state index in [2.05, 4.69) is 36.3 Å². The summed E-state index contributed by atoms with van der Waals surface area (Å²) in [7, 11) is 3.95. The van der Waals surface area contributed by atoms with Gasteiger partial charge in [0.25, 0.3) is 0 Å². The third-order valence-corrected chi connectivity index (χ3v) is 4.33. The van der Waals surface area contributed by atoms with Gasteiger partial charge >= 0.3 is 0 Å². The summed E-state index contributed by atoms with van der Waals surface area (Å²) in [6, 6.07) is 8.41. The largest absolute Gasteiger partial charge is 0.497 e. The maximum Gasteiger partial charge on any atom is 0.118 e. The monoisotopic (exact) mass is 276 g/mol. The lowest BCUT2D eigenvalue weighted by atomic mass is 9.82. The highest BCUT2D eigenvalue weighted by Crippen LogP contribution is 2.32. The smallest absolute Gasteiger partial charge is 0.118 e. The second-order valence-corrected chi connectivity index (χ2v) is 6.20. The first-order valence-electron chi connectivity index (χ1n) is 7.70. The fourth-order valence-corrected chi connectivity index (χ4v) is 3.42. The Balaban J connectivity index is 1.91. The highest BCUT2D eigenvalue weighted by molar-refractivity contribution is 5.27. The molecule has 112 valence electrons. The van der Waals surface area contributed by atoms with E-state index in [4.69, 9.17) is 4.74 Å². The lowest BCUT2D eigenvalue weighted by Gasteiger charge is -2.33. The Hall–Kier alpha value is -1.06. The molecule has 3 heteroatoms. The maximum absolute atomic E-state index is 5.21. The zero-order valence-electron chi connectivity index (χ0n) is 13.1. The molecule has 1 N–H and O–H groups in total. The topological polar surface area (TPSA) is 24.5 Å². The van der Waals surface area contributed by atoms with Crippen LogP contribution in [0.5, 0.6) is 5.75 Å². The van der Waals surface area contributed by atoms with Crippen molar-refractivity contribution in [3.05, 3.63) is 29.8 Å². The van der Waals surface area contributed by atoms with Crippen molar-refractivity contribution >= 4 is 0 Å². The van der Waals surface area contributed by atoms with E-state index in [0.717, 1.165) is 12.3 Å². The molecule has 2 rings (SSSR count). The predicted octanol–water partition coefficient (Wildman–Crippen LogP) is 2.91. The Kier molecular flexibility index (Phi) is 5.44. The van der Waals surface area contributed by atoms with Gasteiger partial charge in [-0.25, -0.2) is 0 Å². The maximum atomic E-state index is 5.21. The zero-order valence-corrected chi connectivity index (χ0v) is 13.1. The van der Waals surface area contributed by atoms with Crippen LogP contribution in [0.4, 0.5) is 0 Å². The van der Waals surface area contributed by atoms with Crippen LogP contribution in [0.1, 0.15) is 31.7 Å². The van der Waals surface area contributed by atoms with E-state index >= 15 is 0 Å². The van der Waals surface area contributed by atoms with E-state index in [1.807, 2.05) is 12.1 Å². The molecule has 1 aliphatic heterocycles. The van der Waals surface area contributed by atoms with Crippen LogP contribution < -0.4 is 10.1 Å². The van der Waals surface area contributed by atoms with Crippen molar-refractivity contribution in [2.75, 3.05) is 33.8 Å². The van der Waals surface area contributed by atoms with Crippen molar-refractivity contribution < 1.29 is 4.74 Å². The molecule has 1 unspecified atom stereocenters. The molecule has 1 heterocycles. The van der Waals surface area contributed by atoms with Gasteiger partial charge in [-0.05, 0) is 49.5 Å². The number of ether oxygens (including phenoxy) is 1. The third-order valence-electron chi connectivity index (χ3n) is 4.33. The molecule has 1 aliphatic rings. The molecule has 1 fully saturated rings. The van der Waals surface area contributed by atoms with E-state index in [1.165, 1.54) is 44.5 Å². The van der Waals surface area contributed by atoms with Gasteiger partial charge in [-0.3, -0.25) is 0 Å². The van der Waals surface area contributed by atoms with E-state index in [1.54, 1.807) is 7.11 Å². The van der Waals surface area contributed by atoms with Gasteiger partial charge in [-0.15, -0.1) is 0 Å². The normalized spacial score (nSPS) is 22.4. The quantitative estimate of drug-likeness (QED) is 0.829. The number of nitrogens with zero attached hydrogens (tertiary/aromatic N) is 1. The first-order chi connectivity index (χ1) is 9.67. The zero-order chi connectivity index (χ0) is 14.4. The second-order valence-electron chi connectivity index (χ2n) is 6.20. The van der Waals surface area contributed by atoms with Crippen molar-refractivity contribution in [3.63, 3.8) is 0 Å². The molecule has 1 saturated heterocycles. The van der Waals surface area contributed by atoms with Gasteiger partial charge in [0.2, 0.25) is 0 Å². The molecule has 0 amide bonds. The Labute approximate surface area is 123 Å². The van der Waals surface area contributed by atoms with Crippen molar-refractivity contribution in [1.82, 2.24) is 10.2 Å². The first kappa shape index (κ1) is 15.3. The van der Waals surface area contributed by atoms with E-state index in [9.17, 15) is 0 Å². The van der Waals surface area contributed by atoms with Gasteiger partial charge in [-0.2, -0.15) is 0 Å². The Bertz CT molecular complexity index is 396. The molecule has 3 nitrogen and oxygen atoms in total. The molecule has 0 spiro atoms. The summed E-state index contributed by atoms with van der Waals surface area (Å²) in [6.07, 6.45) is 3.92. The Morgan fingerprint density at radius 3 is 2.60 bits per heavy atom. The van der Waals surface area contributed by atoms with Crippen molar-refractivity contribution in [2.24, 2.45) is 5.41 Å². The van der Waals surface area contributed by atoms with Crippen LogP contribution in [0.25, 0.3) is 0 Å². The summed E-state index contributed by atoms with van der Waals surface area (Å²) in [5.41, 5.74) is 1.83. The molecular weight excluding hydrogens is 248 g/mol. The molecule has 0 aromatic heterocycles. The van der Waals surface area contributed by atoms with Crippen LogP contribution >= 0.6 is 0 Å². The summed E-state index contributed by atoms with van der Waals surface area (Å²) in [5, 5.41) is 3.54. The van der Waals surface area contributed by atoms with Crippen LogP contribution in [0, 0.1) is 5.41 Å². The SMILES string of the molecule is CCCC1(CN(C)Cc2ccc(OC)cc2)CCNC1. The number of hydrogen-bond acceptors (Lipinski definition) is 3. The van der Waals surface area contributed by atoms with Gasteiger partial charge < -0.3 is 15.0 Å². The van der Waals surface area contributed by atoms with Crippen molar-refractivity contribution in [3.8, 4) is 5.75 Å². The predicted molar refractivity (Wildman–Crippen MR) is 84.2 cm³/mol. The van der Waals surface area contributed by atoms with Crippen LogP contribution in [-0.2, 0) is 6.54 Å². The fraction of sp³-hybridized carbons (Fsp3) is 0.647.